The molecule has 13 heteroatoms. The molecule has 0 bridgehead atoms. The van der Waals surface area contributed by atoms with Crippen LogP contribution in [-0.2, 0) is 27.9 Å². The van der Waals surface area contributed by atoms with Gasteiger partial charge in [-0.15, -0.1) is 0 Å². The summed E-state index contributed by atoms with van der Waals surface area (Å²) in [6.45, 7) is 4.13. The van der Waals surface area contributed by atoms with Crippen molar-refractivity contribution in [2.45, 2.75) is 191 Å². The minimum absolute atomic E-state index is 0.0813. The molecule has 6 unspecified atom stereocenters. The minimum Gasteiger partial charge on any atom is -0.457 e. The van der Waals surface area contributed by atoms with Crippen LogP contribution >= 0.6 is 7.82 Å². The SMILES string of the molecule is CCC/C=C\C/C=C\CCCCCCCCOCC(COP(=O)(O)OC1C(O)C(O)C(O)C(O)C1O)OC(=O)CCCCCCCCCCCC. The van der Waals surface area contributed by atoms with E-state index in [0.29, 0.717) is 13.0 Å². The number of hydrogen-bond acceptors (Lipinski definition) is 11. The molecule has 6 N–H and O–H groups in total. The minimum atomic E-state index is -5.01. The molecule has 1 aliphatic carbocycles. The molecule has 0 saturated heterocycles. The Kier molecular flexibility index (Phi) is 28.3. The number of phosphoric ester groups is 1. The molecular weight excluding hydrogens is 679 g/mol. The fourth-order valence-corrected chi connectivity index (χ4v) is 6.83. The second kappa shape index (κ2) is 30.2. The largest absolute Gasteiger partial charge is 0.472 e. The van der Waals surface area contributed by atoms with Gasteiger partial charge < -0.3 is 39.9 Å². The number of carbonyl (C=O) groups is 1. The molecule has 1 saturated carbocycles. The van der Waals surface area contributed by atoms with E-state index in [1.807, 2.05) is 0 Å². The van der Waals surface area contributed by atoms with Gasteiger partial charge in [0, 0.05) is 13.0 Å². The van der Waals surface area contributed by atoms with Crippen LogP contribution in [-0.4, -0.2) is 98.9 Å². The topological polar surface area (TPSA) is 192 Å². The van der Waals surface area contributed by atoms with Crippen LogP contribution < -0.4 is 0 Å². The molecule has 1 rings (SSSR count). The zero-order chi connectivity index (χ0) is 37.7. The molecule has 0 heterocycles. The van der Waals surface area contributed by atoms with Gasteiger partial charge in [-0.2, -0.15) is 0 Å². The summed E-state index contributed by atoms with van der Waals surface area (Å²) in [5.74, 6) is -0.485. The summed E-state index contributed by atoms with van der Waals surface area (Å²) in [5.41, 5.74) is 0. The third-order valence-corrected chi connectivity index (χ3v) is 10.0. The Morgan fingerprint density at radius 1 is 0.627 bits per heavy atom. The predicted octanol–water partition coefficient (Wildman–Crippen LogP) is 6.58. The first-order chi connectivity index (χ1) is 24.5. The monoisotopic (exact) mass is 750 g/mol. The molecule has 0 radical (unpaired) electrons. The first kappa shape index (κ1) is 47.8. The molecule has 0 spiro atoms. The molecule has 0 aromatic carbocycles. The first-order valence-corrected chi connectivity index (χ1v) is 21.2. The molecule has 1 aliphatic rings. The van der Waals surface area contributed by atoms with E-state index in [4.69, 9.17) is 18.5 Å². The standard InChI is InChI=1S/C38H71O12P/c1-3-5-7-9-11-13-15-16-17-18-20-22-24-26-28-47-29-31(49-32(39)27-25-23-21-19-14-12-10-8-6-4-2)30-48-51(45,46)50-38-36(43)34(41)33(40)35(42)37(38)44/h7,9,13,15,31,33-38,40-44H,3-6,8,10-12,14,16-30H2,1-2H3,(H,45,46)/b9-7-,15-13-. The van der Waals surface area contributed by atoms with Crippen molar-refractivity contribution >= 4 is 13.8 Å². The van der Waals surface area contributed by atoms with Crippen LogP contribution in [0.4, 0.5) is 0 Å². The van der Waals surface area contributed by atoms with E-state index in [1.165, 1.54) is 51.4 Å². The van der Waals surface area contributed by atoms with Gasteiger partial charge >= 0.3 is 13.8 Å². The quantitative estimate of drug-likeness (QED) is 0.0188. The Labute approximate surface area is 307 Å². The summed E-state index contributed by atoms with van der Waals surface area (Å²) in [4.78, 5) is 23.0. The van der Waals surface area contributed by atoms with Crippen molar-refractivity contribution in [3.8, 4) is 0 Å². The molecule has 51 heavy (non-hydrogen) atoms. The van der Waals surface area contributed by atoms with E-state index < -0.39 is 63.1 Å². The molecule has 0 aromatic heterocycles. The molecule has 1 fully saturated rings. The Hall–Kier alpha value is -1.18. The number of ether oxygens (including phenoxy) is 2. The highest BCUT2D eigenvalue weighted by atomic mass is 31.2. The van der Waals surface area contributed by atoms with E-state index >= 15 is 0 Å². The summed E-state index contributed by atoms with van der Waals surface area (Å²) in [5, 5.41) is 49.9. The highest BCUT2D eigenvalue weighted by Crippen LogP contribution is 2.47. The first-order valence-electron chi connectivity index (χ1n) is 19.7. The zero-order valence-electron chi connectivity index (χ0n) is 31.4. The Balaban J connectivity index is 2.47. The van der Waals surface area contributed by atoms with Gasteiger partial charge in [0.05, 0.1) is 13.2 Å². The Morgan fingerprint density at radius 3 is 1.73 bits per heavy atom. The molecule has 0 aliphatic heterocycles. The summed E-state index contributed by atoms with van der Waals surface area (Å²) in [6, 6.07) is 0. The van der Waals surface area contributed by atoms with Gasteiger partial charge in [-0.1, -0.05) is 128 Å². The lowest BCUT2D eigenvalue weighted by molar-refractivity contribution is -0.220. The molecular formula is C38H71O12P. The summed E-state index contributed by atoms with van der Waals surface area (Å²) >= 11 is 0. The molecule has 0 aromatic rings. The van der Waals surface area contributed by atoms with Crippen molar-refractivity contribution in [3.05, 3.63) is 24.3 Å². The number of aliphatic hydroxyl groups is 5. The number of hydrogen-bond donors (Lipinski definition) is 6. The third kappa shape index (κ3) is 23.3. The second-order valence-corrected chi connectivity index (χ2v) is 15.2. The van der Waals surface area contributed by atoms with Crippen LogP contribution in [0.1, 0.15) is 149 Å². The van der Waals surface area contributed by atoms with Crippen molar-refractivity contribution < 1.29 is 58.3 Å². The molecule has 0 amide bonds. The van der Waals surface area contributed by atoms with Gasteiger partial charge in [0.25, 0.3) is 0 Å². The van der Waals surface area contributed by atoms with E-state index in [-0.39, 0.29) is 13.0 Å². The maximum Gasteiger partial charge on any atom is 0.472 e. The van der Waals surface area contributed by atoms with Crippen molar-refractivity contribution in [1.82, 2.24) is 0 Å². The van der Waals surface area contributed by atoms with Gasteiger partial charge in [0.2, 0.25) is 0 Å². The number of rotatable bonds is 32. The van der Waals surface area contributed by atoms with Crippen LogP contribution in [0.3, 0.4) is 0 Å². The van der Waals surface area contributed by atoms with Crippen LogP contribution in [0.5, 0.6) is 0 Å². The van der Waals surface area contributed by atoms with Gasteiger partial charge in [-0.25, -0.2) is 4.57 Å². The zero-order valence-corrected chi connectivity index (χ0v) is 32.3. The van der Waals surface area contributed by atoms with Gasteiger partial charge in [-0.3, -0.25) is 13.8 Å². The summed E-state index contributed by atoms with van der Waals surface area (Å²) in [6.07, 6.45) is 18.3. The lowest BCUT2D eigenvalue weighted by Gasteiger charge is -2.41. The maximum atomic E-state index is 12.7. The van der Waals surface area contributed by atoms with Crippen LogP contribution in [0.15, 0.2) is 24.3 Å². The van der Waals surface area contributed by atoms with Gasteiger partial charge in [-0.05, 0) is 38.5 Å². The van der Waals surface area contributed by atoms with Crippen LogP contribution in [0.25, 0.3) is 0 Å². The molecule has 300 valence electrons. The maximum absolute atomic E-state index is 12.7. The number of allylic oxidation sites excluding steroid dienone is 4. The molecule has 6 atom stereocenters. The predicted molar refractivity (Wildman–Crippen MR) is 198 cm³/mol. The lowest BCUT2D eigenvalue weighted by atomic mass is 9.85. The normalized spacial score (nSPS) is 24.3. The van der Waals surface area contributed by atoms with Crippen molar-refractivity contribution in [3.63, 3.8) is 0 Å². The highest BCUT2D eigenvalue weighted by Gasteiger charge is 2.51. The van der Waals surface area contributed by atoms with E-state index in [1.54, 1.807) is 0 Å². The number of aliphatic hydroxyl groups excluding tert-OH is 5. The van der Waals surface area contributed by atoms with Crippen molar-refractivity contribution in [2.24, 2.45) is 0 Å². The van der Waals surface area contributed by atoms with E-state index in [9.17, 15) is 39.8 Å². The average Bonchev–Trinajstić information content (AvgIpc) is 3.11. The fourth-order valence-electron chi connectivity index (χ4n) is 5.86. The number of esters is 1. The van der Waals surface area contributed by atoms with Crippen molar-refractivity contribution in [1.29, 1.82) is 0 Å². The summed E-state index contributed by atoms with van der Waals surface area (Å²) in [7, 11) is -5.01. The Bertz CT molecular complexity index is 947. The number of carbonyl (C=O) groups excluding carboxylic acids is 1. The van der Waals surface area contributed by atoms with Gasteiger partial charge in [0.15, 0.2) is 0 Å². The average molecular weight is 751 g/mol. The number of phosphoric acid groups is 1. The Morgan fingerprint density at radius 2 is 1.14 bits per heavy atom. The highest BCUT2D eigenvalue weighted by molar-refractivity contribution is 7.47. The van der Waals surface area contributed by atoms with E-state index in [0.717, 1.165) is 70.6 Å². The lowest BCUT2D eigenvalue weighted by Crippen LogP contribution is -2.64. The fraction of sp³-hybridized carbons (Fsp3) is 0.868. The second-order valence-electron chi connectivity index (χ2n) is 13.8. The summed E-state index contributed by atoms with van der Waals surface area (Å²) < 4.78 is 33.9. The van der Waals surface area contributed by atoms with Crippen LogP contribution in [0, 0.1) is 0 Å². The third-order valence-electron chi connectivity index (χ3n) is 9.06. The van der Waals surface area contributed by atoms with Crippen molar-refractivity contribution in [2.75, 3.05) is 19.8 Å². The van der Waals surface area contributed by atoms with E-state index in [2.05, 4.69) is 38.2 Å². The number of unbranched alkanes of at least 4 members (excludes halogenated alkanes) is 16. The molecule has 12 nitrogen and oxygen atoms in total. The van der Waals surface area contributed by atoms with Gasteiger partial charge in [0.1, 0.15) is 42.7 Å². The van der Waals surface area contributed by atoms with Crippen LogP contribution in [0.2, 0.25) is 0 Å². The smallest absolute Gasteiger partial charge is 0.457 e.